The molecule has 4 rings (SSSR count). The smallest absolute Gasteiger partial charge is 0.263 e. The van der Waals surface area contributed by atoms with Gasteiger partial charge in [0.25, 0.3) is 17.4 Å². The van der Waals surface area contributed by atoms with Crippen molar-refractivity contribution in [3.8, 4) is 0 Å². The minimum Gasteiger partial charge on any atom is -0.339 e. The van der Waals surface area contributed by atoms with Gasteiger partial charge in [-0.15, -0.1) is 12.4 Å². The molecule has 2 aromatic rings. The lowest BCUT2D eigenvalue weighted by Gasteiger charge is -2.25. The van der Waals surface area contributed by atoms with Gasteiger partial charge in [0.05, 0.1) is 0 Å². The van der Waals surface area contributed by atoms with Crippen molar-refractivity contribution in [3.05, 3.63) is 63.6 Å². The molecule has 2 fully saturated rings. The van der Waals surface area contributed by atoms with Crippen LogP contribution in [0.25, 0.3) is 0 Å². The van der Waals surface area contributed by atoms with Crippen LogP contribution in [0.5, 0.6) is 0 Å². The fourth-order valence-corrected chi connectivity index (χ4v) is 4.67. The van der Waals surface area contributed by atoms with Gasteiger partial charge in [-0.05, 0) is 75.5 Å². The molecule has 2 N–H and O–H groups in total. The van der Waals surface area contributed by atoms with Gasteiger partial charge < -0.3 is 20.1 Å². The van der Waals surface area contributed by atoms with Crippen molar-refractivity contribution in [1.82, 2.24) is 14.8 Å². The van der Waals surface area contributed by atoms with Gasteiger partial charge in [0.1, 0.15) is 5.56 Å². The first-order valence-electron chi connectivity index (χ1n) is 11.7. The third-order valence-electron chi connectivity index (χ3n) is 6.52. The topological polar surface area (TPSA) is 83.4 Å². The van der Waals surface area contributed by atoms with Crippen LogP contribution in [0.15, 0.2) is 41.3 Å². The third kappa shape index (κ3) is 5.84. The summed E-state index contributed by atoms with van der Waals surface area (Å²) in [7, 11) is 0. The molecule has 2 amide bonds. The number of aryl methyl sites for hydroxylation is 1. The van der Waals surface area contributed by atoms with E-state index in [0.717, 1.165) is 64.7 Å². The highest BCUT2D eigenvalue weighted by Crippen LogP contribution is 2.19. The Labute approximate surface area is 201 Å². The molecule has 0 atom stereocenters. The number of anilines is 1. The van der Waals surface area contributed by atoms with Crippen LogP contribution >= 0.6 is 12.4 Å². The minimum absolute atomic E-state index is 0. The minimum atomic E-state index is -0.435. The number of carbonyl (C=O) groups excluding carboxylic acids is 2. The Balaban J connectivity index is 0.00000306. The van der Waals surface area contributed by atoms with Crippen molar-refractivity contribution in [2.24, 2.45) is 0 Å². The fraction of sp³-hybridized carbons (Fsp3) is 0.480. The molecule has 8 heteroatoms. The van der Waals surface area contributed by atoms with E-state index < -0.39 is 5.91 Å². The molecular weight excluding hydrogens is 440 g/mol. The van der Waals surface area contributed by atoms with Crippen molar-refractivity contribution < 1.29 is 9.59 Å². The Morgan fingerprint density at radius 1 is 1.03 bits per heavy atom. The second kappa shape index (κ2) is 11.5. The normalized spacial score (nSPS) is 17.1. The summed E-state index contributed by atoms with van der Waals surface area (Å²) < 4.78 is 1.70. The average Bonchev–Trinajstić information content (AvgIpc) is 3.09. The fourth-order valence-electron chi connectivity index (χ4n) is 4.67. The number of likely N-dealkylation sites (tertiary alicyclic amines) is 1. The molecule has 2 aliphatic rings. The van der Waals surface area contributed by atoms with E-state index in [2.05, 4.69) is 10.6 Å². The number of piperidine rings is 1. The van der Waals surface area contributed by atoms with Gasteiger partial charge in [-0.25, -0.2) is 0 Å². The van der Waals surface area contributed by atoms with E-state index in [1.807, 2.05) is 11.0 Å². The molecule has 0 unspecified atom stereocenters. The van der Waals surface area contributed by atoms with Gasteiger partial charge in [-0.2, -0.15) is 0 Å². The van der Waals surface area contributed by atoms with Crippen molar-refractivity contribution in [3.63, 3.8) is 0 Å². The van der Waals surface area contributed by atoms with Crippen LogP contribution < -0.4 is 16.2 Å². The molecule has 0 radical (unpaired) electrons. The van der Waals surface area contributed by atoms with Gasteiger partial charge in [-0.1, -0.05) is 18.9 Å². The Kier molecular flexibility index (Phi) is 8.69. The number of carbonyl (C=O) groups is 2. The summed E-state index contributed by atoms with van der Waals surface area (Å²) in [6.45, 7) is 5.06. The summed E-state index contributed by atoms with van der Waals surface area (Å²) in [5.41, 5.74) is 1.63. The number of halogens is 1. The van der Waals surface area contributed by atoms with Crippen LogP contribution in [0.1, 0.15) is 70.8 Å². The molecule has 7 nitrogen and oxygen atoms in total. The van der Waals surface area contributed by atoms with Gasteiger partial charge in [0.15, 0.2) is 0 Å². The molecule has 33 heavy (non-hydrogen) atoms. The quantitative estimate of drug-likeness (QED) is 0.709. The van der Waals surface area contributed by atoms with E-state index in [0.29, 0.717) is 16.8 Å². The maximum Gasteiger partial charge on any atom is 0.263 e. The lowest BCUT2D eigenvalue weighted by molar-refractivity contribution is 0.0761. The monoisotopic (exact) mass is 472 g/mol. The predicted molar refractivity (Wildman–Crippen MR) is 133 cm³/mol. The van der Waals surface area contributed by atoms with Crippen LogP contribution in [0.4, 0.5) is 5.69 Å². The standard InChI is InChI=1S/C25H32N4O3.ClH/c1-18-11-16-29(21-9-12-26-13-10-21)25(32)22(18)23(30)27-20-8-6-7-19(17-20)24(31)28-14-4-2-3-5-15-28;/h6-8,11,16-17,21,26H,2-5,9-10,12-15H2,1H3,(H,27,30);1H. The number of pyridine rings is 1. The molecule has 2 saturated heterocycles. The van der Waals surface area contributed by atoms with Crippen LogP contribution in [0, 0.1) is 6.92 Å². The van der Waals surface area contributed by atoms with Crippen LogP contribution in [-0.4, -0.2) is 47.5 Å². The van der Waals surface area contributed by atoms with Crippen molar-refractivity contribution >= 4 is 29.9 Å². The summed E-state index contributed by atoms with van der Waals surface area (Å²) in [4.78, 5) is 41.1. The lowest BCUT2D eigenvalue weighted by Crippen LogP contribution is -2.37. The van der Waals surface area contributed by atoms with E-state index >= 15 is 0 Å². The second-order valence-electron chi connectivity index (χ2n) is 8.81. The first-order chi connectivity index (χ1) is 15.5. The Morgan fingerprint density at radius 3 is 2.42 bits per heavy atom. The Bertz CT molecular complexity index is 1040. The summed E-state index contributed by atoms with van der Waals surface area (Å²) in [5.74, 6) is -0.442. The highest BCUT2D eigenvalue weighted by Gasteiger charge is 2.22. The zero-order valence-electron chi connectivity index (χ0n) is 19.1. The van der Waals surface area contributed by atoms with E-state index in [-0.39, 0.29) is 35.5 Å². The first-order valence-corrected chi connectivity index (χ1v) is 11.7. The number of hydrogen-bond donors (Lipinski definition) is 2. The number of nitrogens with one attached hydrogen (secondary N) is 2. The number of aromatic nitrogens is 1. The van der Waals surface area contributed by atoms with Crippen molar-refractivity contribution in [2.75, 3.05) is 31.5 Å². The summed E-state index contributed by atoms with van der Waals surface area (Å²) in [5, 5.41) is 6.15. The highest BCUT2D eigenvalue weighted by atomic mass is 35.5. The third-order valence-corrected chi connectivity index (χ3v) is 6.52. The summed E-state index contributed by atoms with van der Waals surface area (Å²) in [6.07, 6.45) is 7.90. The van der Waals surface area contributed by atoms with Crippen molar-refractivity contribution in [2.45, 2.75) is 51.5 Å². The number of rotatable bonds is 4. The molecule has 0 aliphatic carbocycles. The van der Waals surface area contributed by atoms with Crippen molar-refractivity contribution in [1.29, 1.82) is 0 Å². The van der Waals surface area contributed by atoms with Gasteiger partial charge in [0.2, 0.25) is 0 Å². The summed E-state index contributed by atoms with van der Waals surface area (Å²) in [6, 6.07) is 8.94. The van der Waals surface area contributed by atoms with E-state index in [9.17, 15) is 14.4 Å². The molecule has 0 saturated carbocycles. The number of benzene rings is 1. The number of amides is 2. The Hall–Kier alpha value is -2.64. The van der Waals surface area contributed by atoms with Gasteiger partial charge in [-0.3, -0.25) is 14.4 Å². The molecular formula is C25H33ClN4O3. The van der Waals surface area contributed by atoms with Crippen LogP contribution in [-0.2, 0) is 0 Å². The molecule has 1 aromatic heterocycles. The molecule has 178 valence electrons. The van der Waals surface area contributed by atoms with E-state index in [1.54, 1.807) is 42.0 Å². The molecule has 2 aliphatic heterocycles. The first kappa shape index (κ1) is 25.0. The number of nitrogens with zero attached hydrogens (tertiary/aromatic N) is 2. The predicted octanol–water partition coefficient (Wildman–Crippen LogP) is 3.77. The SMILES string of the molecule is Cc1ccn(C2CCNCC2)c(=O)c1C(=O)Nc1cccc(C(=O)N2CCCCCC2)c1.Cl. The zero-order valence-corrected chi connectivity index (χ0v) is 20.0. The molecule has 1 aromatic carbocycles. The molecule has 0 bridgehead atoms. The van der Waals surface area contributed by atoms with Gasteiger partial charge in [0, 0.05) is 36.6 Å². The molecule has 0 spiro atoms. The van der Waals surface area contributed by atoms with Crippen LogP contribution in [0.2, 0.25) is 0 Å². The maximum absolute atomic E-state index is 13.2. The Morgan fingerprint density at radius 2 is 1.73 bits per heavy atom. The molecule has 3 heterocycles. The second-order valence-corrected chi connectivity index (χ2v) is 8.81. The van der Waals surface area contributed by atoms with E-state index in [4.69, 9.17) is 0 Å². The van der Waals surface area contributed by atoms with E-state index in [1.165, 1.54) is 0 Å². The largest absolute Gasteiger partial charge is 0.339 e. The van der Waals surface area contributed by atoms with Crippen LogP contribution in [0.3, 0.4) is 0 Å². The average molecular weight is 473 g/mol. The highest BCUT2D eigenvalue weighted by molar-refractivity contribution is 6.05. The lowest BCUT2D eigenvalue weighted by atomic mass is 10.0. The van der Waals surface area contributed by atoms with Gasteiger partial charge >= 0.3 is 0 Å². The zero-order chi connectivity index (χ0) is 22.5. The number of hydrogen-bond acceptors (Lipinski definition) is 4. The summed E-state index contributed by atoms with van der Waals surface area (Å²) >= 11 is 0. The maximum atomic E-state index is 13.2.